The van der Waals surface area contributed by atoms with E-state index in [1.54, 1.807) is 0 Å². The van der Waals surface area contributed by atoms with Gasteiger partial charge in [-0.15, -0.1) is 0 Å². The molecule has 466 valence electrons. The van der Waals surface area contributed by atoms with Crippen molar-refractivity contribution in [1.29, 1.82) is 0 Å². The molecule has 0 amide bonds. The van der Waals surface area contributed by atoms with Crippen molar-refractivity contribution in [3.63, 3.8) is 0 Å². The van der Waals surface area contributed by atoms with Gasteiger partial charge in [0.1, 0.15) is 13.2 Å². The minimum Gasteiger partial charge on any atom is -0.462 e. The molecule has 0 radical (unpaired) electrons. The molecule has 0 aromatic carbocycles. The van der Waals surface area contributed by atoms with Gasteiger partial charge in [0.2, 0.25) is 0 Å². The number of rotatable bonds is 63. The van der Waals surface area contributed by atoms with Crippen molar-refractivity contribution in [3.8, 4) is 0 Å². The van der Waals surface area contributed by atoms with E-state index in [-0.39, 0.29) is 37.5 Å². The van der Waals surface area contributed by atoms with Crippen LogP contribution in [0.1, 0.15) is 342 Å². The van der Waals surface area contributed by atoms with Crippen LogP contribution in [0.4, 0.5) is 0 Å². The van der Waals surface area contributed by atoms with Crippen LogP contribution in [0.2, 0.25) is 0 Å². The van der Waals surface area contributed by atoms with Crippen LogP contribution in [-0.4, -0.2) is 37.2 Å². The summed E-state index contributed by atoms with van der Waals surface area (Å²) in [7, 11) is 0. The maximum atomic E-state index is 12.9. The highest BCUT2D eigenvalue weighted by Crippen LogP contribution is 2.17. The number of carbonyl (C=O) groups is 3. The lowest BCUT2D eigenvalue weighted by molar-refractivity contribution is -0.167. The van der Waals surface area contributed by atoms with Crippen LogP contribution in [0.15, 0.2) is 97.2 Å². The summed E-state index contributed by atoms with van der Waals surface area (Å²) in [6.45, 7) is 6.51. The number of esters is 3. The Morgan fingerprint density at radius 1 is 0.259 bits per heavy atom. The Balaban J connectivity index is 4.38. The summed E-state index contributed by atoms with van der Waals surface area (Å²) in [6, 6.07) is 0. The zero-order chi connectivity index (χ0) is 58.5. The van der Waals surface area contributed by atoms with Gasteiger partial charge in [0.15, 0.2) is 6.10 Å². The fourth-order valence-electron chi connectivity index (χ4n) is 9.89. The molecule has 6 heteroatoms. The van der Waals surface area contributed by atoms with Gasteiger partial charge in [0, 0.05) is 19.3 Å². The molecule has 1 atom stereocenters. The molecule has 0 aliphatic carbocycles. The van der Waals surface area contributed by atoms with Gasteiger partial charge in [-0.2, -0.15) is 0 Å². The van der Waals surface area contributed by atoms with Gasteiger partial charge < -0.3 is 14.2 Å². The molecule has 0 N–H and O–H groups in total. The zero-order valence-electron chi connectivity index (χ0n) is 53.5. The van der Waals surface area contributed by atoms with Crippen LogP contribution in [0.3, 0.4) is 0 Å². The number of carbonyl (C=O) groups excluding carboxylic acids is 3. The molecule has 0 fully saturated rings. The monoisotopic (exact) mass is 1130 g/mol. The van der Waals surface area contributed by atoms with E-state index in [0.29, 0.717) is 19.3 Å². The summed E-state index contributed by atoms with van der Waals surface area (Å²) in [5.74, 6) is -0.941. The predicted octanol–water partition coefficient (Wildman–Crippen LogP) is 24.0. The summed E-state index contributed by atoms with van der Waals surface area (Å²) in [5, 5.41) is 0. The van der Waals surface area contributed by atoms with Gasteiger partial charge >= 0.3 is 17.9 Å². The SMILES string of the molecule is CC/C=C\C/C=C\C/C=C\C/C=C\C/C=C\C/C=C\CCCCC(=O)OC(COC(=O)CCCCCCC/C=C\C/C=C\CCCCCC)COC(=O)CCCCCCCCCCCCCCCCCCCCCCCCCCCC. The highest BCUT2D eigenvalue weighted by Gasteiger charge is 2.19. The molecule has 0 aromatic heterocycles. The van der Waals surface area contributed by atoms with E-state index in [2.05, 4.69) is 118 Å². The van der Waals surface area contributed by atoms with Gasteiger partial charge in [0.25, 0.3) is 0 Å². The largest absolute Gasteiger partial charge is 0.462 e. The third-order valence-corrected chi connectivity index (χ3v) is 15.1. The molecular weight excluding hydrogens is 997 g/mol. The highest BCUT2D eigenvalue weighted by atomic mass is 16.6. The molecule has 1 unspecified atom stereocenters. The van der Waals surface area contributed by atoms with Gasteiger partial charge in [-0.25, -0.2) is 0 Å². The molecule has 0 aromatic rings. The van der Waals surface area contributed by atoms with Gasteiger partial charge in [-0.3, -0.25) is 14.4 Å². The Morgan fingerprint density at radius 2 is 0.481 bits per heavy atom. The highest BCUT2D eigenvalue weighted by molar-refractivity contribution is 5.71. The lowest BCUT2D eigenvalue weighted by atomic mass is 10.0. The fraction of sp³-hybridized carbons (Fsp3) is 0.747. The van der Waals surface area contributed by atoms with E-state index >= 15 is 0 Å². The third kappa shape index (κ3) is 67.0. The molecule has 0 heterocycles. The predicted molar refractivity (Wildman–Crippen MR) is 353 cm³/mol. The second-order valence-corrected chi connectivity index (χ2v) is 23.1. The maximum absolute atomic E-state index is 12.9. The minimum absolute atomic E-state index is 0.0976. The average Bonchev–Trinajstić information content (AvgIpc) is 3.47. The number of allylic oxidation sites excluding steroid dienone is 16. The molecule has 0 aliphatic rings. The first-order chi connectivity index (χ1) is 40.0. The Kier molecular flexibility index (Phi) is 65.7. The van der Waals surface area contributed by atoms with Crippen molar-refractivity contribution in [2.75, 3.05) is 13.2 Å². The van der Waals surface area contributed by atoms with Gasteiger partial charge in [-0.1, -0.05) is 317 Å². The van der Waals surface area contributed by atoms with Gasteiger partial charge in [0.05, 0.1) is 0 Å². The summed E-state index contributed by atoms with van der Waals surface area (Å²) >= 11 is 0. The van der Waals surface area contributed by atoms with Crippen molar-refractivity contribution in [2.45, 2.75) is 348 Å². The fourth-order valence-corrected chi connectivity index (χ4v) is 9.89. The maximum Gasteiger partial charge on any atom is 0.306 e. The van der Waals surface area contributed by atoms with E-state index in [1.165, 1.54) is 180 Å². The molecule has 0 saturated heterocycles. The third-order valence-electron chi connectivity index (χ3n) is 15.1. The number of hydrogen-bond acceptors (Lipinski definition) is 6. The molecule has 0 rings (SSSR count). The Labute approximate surface area is 502 Å². The Morgan fingerprint density at radius 3 is 0.790 bits per heavy atom. The van der Waals surface area contributed by atoms with Crippen molar-refractivity contribution in [3.05, 3.63) is 97.2 Å². The summed E-state index contributed by atoms with van der Waals surface area (Å²) < 4.78 is 16.9. The van der Waals surface area contributed by atoms with Crippen LogP contribution in [0.5, 0.6) is 0 Å². The Hall–Kier alpha value is -3.67. The number of ether oxygens (including phenoxy) is 3. The van der Waals surface area contributed by atoms with Crippen LogP contribution >= 0.6 is 0 Å². The van der Waals surface area contributed by atoms with Crippen LogP contribution < -0.4 is 0 Å². The standard InChI is InChI=1S/C75H130O6/c1-4-7-10-13-16-19-22-25-28-31-33-35-36-37-38-39-41-42-44-47-50-53-56-59-62-65-68-74(77)80-71-72(70-79-73(76)67-64-61-58-55-52-49-46-30-27-24-21-18-15-12-9-6-3)81-75(78)69-66-63-60-57-54-51-48-45-43-40-34-32-29-26-23-20-17-14-11-8-5-2/h8,11,17,20-21,24,26,29-30,34,40,45-46,48,54,57,72H,4-7,9-10,12-16,18-19,22-23,25,27-28,31-33,35-39,41-44,47,49-53,55-56,58-71H2,1-3H3/b11-8-,20-17-,24-21-,29-26-,40-34-,46-30-,48-45-,57-54-. The first kappa shape index (κ1) is 77.3. The molecule has 0 saturated carbocycles. The van der Waals surface area contributed by atoms with E-state index in [1.807, 2.05) is 0 Å². The minimum atomic E-state index is -0.808. The summed E-state index contributed by atoms with van der Waals surface area (Å²) in [4.78, 5) is 38.4. The molecule has 81 heavy (non-hydrogen) atoms. The lowest BCUT2D eigenvalue weighted by Crippen LogP contribution is -2.30. The van der Waals surface area contributed by atoms with Crippen molar-refractivity contribution in [2.24, 2.45) is 0 Å². The molecule has 0 spiro atoms. The normalized spacial score (nSPS) is 12.7. The second kappa shape index (κ2) is 68.8. The van der Waals surface area contributed by atoms with Gasteiger partial charge in [-0.05, 0) is 103 Å². The van der Waals surface area contributed by atoms with E-state index in [0.717, 1.165) is 116 Å². The smallest absolute Gasteiger partial charge is 0.306 e. The van der Waals surface area contributed by atoms with Crippen LogP contribution in [0.25, 0.3) is 0 Å². The summed E-state index contributed by atoms with van der Waals surface area (Å²) in [6.07, 6.45) is 92.9. The zero-order valence-corrected chi connectivity index (χ0v) is 53.5. The first-order valence-electron chi connectivity index (χ1n) is 34.7. The molecule has 6 nitrogen and oxygen atoms in total. The Bertz CT molecular complexity index is 1580. The molecule has 0 aliphatic heterocycles. The van der Waals surface area contributed by atoms with E-state index in [4.69, 9.17) is 14.2 Å². The van der Waals surface area contributed by atoms with E-state index in [9.17, 15) is 14.4 Å². The van der Waals surface area contributed by atoms with Crippen LogP contribution in [-0.2, 0) is 28.6 Å². The quantitative estimate of drug-likeness (QED) is 0.0261. The number of hydrogen-bond donors (Lipinski definition) is 0. The van der Waals surface area contributed by atoms with Crippen LogP contribution in [0, 0.1) is 0 Å². The van der Waals surface area contributed by atoms with Crippen molar-refractivity contribution < 1.29 is 28.6 Å². The topological polar surface area (TPSA) is 78.9 Å². The number of unbranched alkanes of at least 4 members (excludes halogenated alkanes) is 36. The van der Waals surface area contributed by atoms with E-state index < -0.39 is 6.10 Å². The van der Waals surface area contributed by atoms with Crippen molar-refractivity contribution >= 4 is 17.9 Å². The first-order valence-corrected chi connectivity index (χ1v) is 34.7. The second-order valence-electron chi connectivity index (χ2n) is 23.1. The summed E-state index contributed by atoms with van der Waals surface area (Å²) in [5.41, 5.74) is 0. The molecule has 0 bridgehead atoms. The lowest BCUT2D eigenvalue weighted by Gasteiger charge is -2.18. The van der Waals surface area contributed by atoms with Crippen molar-refractivity contribution in [1.82, 2.24) is 0 Å². The average molecular weight is 1130 g/mol. The molecular formula is C75H130O6.